The van der Waals surface area contributed by atoms with E-state index in [1.807, 2.05) is 0 Å². The molecule has 0 saturated heterocycles. The summed E-state index contributed by atoms with van der Waals surface area (Å²) < 4.78 is 1.15. The smallest absolute Gasteiger partial charge is 0.0366 e. The lowest BCUT2D eigenvalue weighted by Gasteiger charge is -2.23. The predicted molar refractivity (Wildman–Crippen MR) is 94.8 cm³/mol. The zero-order valence-electron chi connectivity index (χ0n) is 13.1. The fraction of sp³-hybridized carbons (Fsp3) is 0.368. The summed E-state index contributed by atoms with van der Waals surface area (Å²) in [5.74, 6) is 0. The highest BCUT2D eigenvalue weighted by molar-refractivity contribution is 9.10. The second kappa shape index (κ2) is 7.77. The molecule has 112 valence electrons. The van der Waals surface area contributed by atoms with Gasteiger partial charge in [0.2, 0.25) is 0 Å². The van der Waals surface area contributed by atoms with Crippen LogP contribution in [0.25, 0.3) is 0 Å². The summed E-state index contributed by atoms with van der Waals surface area (Å²) in [6.07, 6.45) is 2.17. The van der Waals surface area contributed by atoms with Crippen LogP contribution in [0.2, 0.25) is 0 Å². The van der Waals surface area contributed by atoms with Gasteiger partial charge < -0.3 is 5.32 Å². The maximum Gasteiger partial charge on any atom is 0.0366 e. The monoisotopic (exact) mass is 345 g/mol. The molecular formula is C19H24BrN. The molecule has 0 fully saturated rings. The summed E-state index contributed by atoms with van der Waals surface area (Å²) in [4.78, 5) is 0. The number of nitrogens with one attached hydrogen (secondary N) is 1. The molecule has 2 rings (SSSR count). The van der Waals surface area contributed by atoms with E-state index in [0.29, 0.717) is 6.04 Å². The Kier molecular flexibility index (Phi) is 6.01. The van der Waals surface area contributed by atoms with Crippen LogP contribution >= 0.6 is 15.9 Å². The molecule has 21 heavy (non-hydrogen) atoms. The molecule has 0 heterocycles. The number of hydrogen-bond acceptors (Lipinski definition) is 1. The van der Waals surface area contributed by atoms with Gasteiger partial charge in [0.25, 0.3) is 0 Å². The summed E-state index contributed by atoms with van der Waals surface area (Å²) in [6, 6.07) is 15.6. The molecule has 0 bridgehead atoms. The largest absolute Gasteiger partial charge is 0.310 e. The van der Waals surface area contributed by atoms with E-state index in [1.54, 1.807) is 0 Å². The van der Waals surface area contributed by atoms with Crippen molar-refractivity contribution in [1.29, 1.82) is 0 Å². The molecular weight excluding hydrogens is 322 g/mol. The van der Waals surface area contributed by atoms with E-state index in [-0.39, 0.29) is 0 Å². The summed E-state index contributed by atoms with van der Waals surface area (Å²) in [6.45, 7) is 7.69. The van der Waals surface area contributed by atoms with Gasteiger partial charge in [-0.2, -0.15) is 0 Å². The summed E-state index contributed by atoms with van der Waals surface area (Å²) in [7, 11) is 0. The molecule has 0 amide bonds. The van der Waals surface area contributed by atoms with E-state index in [9.17, 15) is 0 Å². The first-order chi connectivity index (χ1) is 10.1. The van der Waals surface area contributed by atoms with Gasteiger partial charge in [-0.3, -0.25) is 0 Å². The Hall–Kier alpha value is -1.12. The summed E-state index contributed by atoms with van der Waals surface area (Å²) in [5.41, 5.74) is 5.56. The zero-order valence-corrected chi connectivity index (χ0v) is 14.7. The normalized spacial score (nSPS) is 12.4. The third-order valence-electron chi connectivity index (χ3n) is 3.86. The molecule has 2 aromatic carbocycles. The van der Waals surface area contributed by atoms with Gasteiger partial charge in [0.05, 0.1) is 0 Å². The molecule has 0 spiro atoms. The first kappa shape index (κ1) is 16.3. The Morgan fingerprint density at radius 2 is 1.71 bits per heavy atom. The van der Waals surface area contributed by atoms with Crippen molar-refractivity contribution >= 4 is 15.9 Å². The first-order valence-corrected chi connectivity index (χ1v) is 8.45. The van der Waals surface area contributed by atoms with E-state index in [0.717, 1.165) is 23.9 Å². The molecule has 1 N–H and O–H groups in total. The SMILES string of the molecule is CCCNC(Cc1cccc(Br)c1)c1c(C)cccc1C. The lowest BCUT2D eigenvalue weighted by atomic mass is 9.91. The fourth-order valence-corrected chi connectivity index (χ4v) is 3.32. The molecule has 0 aliphatic heterocycles. The zero-order chi connectivity index (χ0) is 15.2. The van der Waals surface area contributed by atoms with Crippen LogP contribution in [0.15, 0.2) is 46.9 Å². The van der Waals surface area contributed by atoms with Crippen molar-refractivity contribution in [3.63, 3.8) is 0 Å². The van der Waals surface area contributed by atoms with E-state index in [2.05, 4.69) is 84.5 Å². The van der Waals surface area contributed by atoms with E-state index in [1.165, 1.54) is 22.3 Å². The second-order valence-electron chi connectivity index (χ2n) is 5.65. The van der Waals surface area contributed by atoms with Crippen LogP contribution in [0.3, 0.4) is 0 Å². The molecule has 1 atom stereocenters. The van der Waals surface area contributed by atoms with Crippen LogP contribution in [-0.4, -0.2) is 6.54 Å². The molecule has 1 unspecified atom stereocenters. The lowest BCUT2D eigenvalue weighted by Crippen LogP contribution is -2.25. The van der Waals surface area contributed by atoms with Crippen molar-refractivity contribution in [3.05, 3.63) is 69.2 Å². The minimum Gasteiger partial charge on any atom is -0.310 e. The maximum absolute atomic E-state index is 3.72. The van der Waals surface area contributed by atoms with Crippen LogP contribution < -0.4 is 5.32 Å². The highest BCUT2D eigenvalue weighted by Crippen LogP contribution is 2.26. The third-order valence-corrected chi connectivity index (χ3v) is 4.35. The molecule has 0 radical (unpaired) electrons. The predicted octanol–water partition coefficient (Wildman–Crippen LogP) is 5.35. The summed E-state index contributed by atoms with van der Waals surface area (Å²) >= 11 is 3.57. The first-order valence-electron chi connectivity index (χ1n) is 7.65. The minimum absolute atomic E-state index is 0.375. The van der Waals surface area contributed by atoms with Gasteiger partial charge in [-0.05, 0) is 67.6 Å². The summed E-state index contributed by atoms with van der Waals surface area (Å²) in [5, 5.41) is 3.72. The Bertz CT molecular complexity index is 572. The van der Waals surface area contributed by atoms with Gasteiger partial charge in [-0.25, -0.2) is 0 Å². The van der Waals surface area contributed by atoms with Crippen molar-refractivity contribution in [3.8, 4) is 0 Å². The van der Waals surface area contributed by atoms with Crippen LogP contribution in [0.4, 0.5) is 0 Å². The fourth-order valence-electron chi connectivity index (χ4n) is 2.87. The van der Waals surface area contributed by atoms with Crippen molar-refractivity contribution in [1.82, 2.24) is 5.32 Å². The highest BCUT2D eigenvalue weighted by atomic mass is 79.9. The number of benzene rings is 2. The standard InChI is InChI=1S/C19H24BrN/c1-4-11-21-18(13-16-9-6-10-17(20)12-16)19-14(2)7-5-8-15(19)3/h5-10,12,18,21H,4,11,13H2,1-3H3. The minimum atomic E-state index is 0.375. The van der Waals surface area contributed by atoms with Gasteiger partial charge in [-0.15, -0.1) is 0 Å². The van der Waals surface area contributed by atoms with Crippen molar-refractivity contribution in [2.24, 2.45) is 0 Å². The van der Waals surface area contributed by atoms with Crippen molar-refractivity contribution in [2.45, 2.75) is 39.7 Å². The molecule has 2 heteroatoms. The molecule has 0 saturated carbocycles. The van der Waals surface area contributed by atoms with Gasteiger partial charge >= 0.3 is 0 Å². The topological polar surface area (TPSA) is 12.0 Å². The molecule has 0 aromatic heterocycles. The van der Waals surface area contributed by atoms with E-state index < -0.39 is 0 Å². The second-order valence-corrected chi connectivity index (χ2v) is 6.56. The third kappa shape index (κ3) is 4.42. The van der Waals surface area contributed by atoms with Crippen LogP contribution in [-0.2, 0) is 6.42 Å². The Labute approximate surface area is 136 Å². The number of rotatable bonds is 6. The molecule has 0 aliphatic carbocycles. The number of aryl methyl sites for hydroxylation is 2. The Morgan fingerprint density at radius 3 is 2.33 bits per heavy atom. The number of hydrogen-bond donors (Lipinski definition) is 1. The molecule has 1 nitrogen and oxygen atoms in total. The molecule has 2 aromatic rings. The van der Waals surface area contributed by atoms with Gasteiger partial charge in [0.1, 0.15) is 0 Å². The maximum atomic E-state index is 3.72. The van der Waals surface area contributed by atoms with E-state index >= 15 is 0 Å². The van der Waals surface area contributed by atoms with Crippen LogP contribution in [0.5, 0.6) is 0 Å². The Morgan fingerprint density at radius 1 is 1.05 bits per heavy atom. The van der Waals surface area contributed by atoms with Gasteiger partial charge in [0, 0.05) is 10.5 Å². The van der Waals surface area contributed by atoms with Crippen LogP contribution in [0, 0.1) is 13.8 Å². The average molecular weight is 346 g/mol. The van der Waals surface area contributed by atoms with Gasteiger partial charge in [0.15, 0.2) is 0 Å². The molecule has 0 aliphatic rings. The van der Waals surface area contributed by atoms with Crippen LogP contribution in [0.1, 0.15) is 41.6 Å². The highest BCUT2D eigenvalue weighted by Gasteiger charge is 2.16. The number of halogens is 1. The van der Waals surface area contributed by atoms with E-state index in [4.69, 9.17) is 0 Å². The van der Waals surface area contributed by atoms with Crippen molar-refractivity contribution < 1.29 is 0 Å². The average Bonchev–Trinajstić information content (AvgIpc) is 2.44. The lowest BCUT2D eigenvalue weighted by molar-refractivity contribution is 0.525. The van der Waals surface area contributed by atoms with Gasteiger partial charge in [-0.1, -0.05) is 53.2 Å². The van der Waals surface area contributed by atoms with Crippen molar-refractivity contribution in [2.75, 3.05) is 6.54 Å². The quantitative estimate of drug-likeness (QED) is 0.743. The Balaban J connectivity index is 2.30.